The molecule has 1 heterocycles. The Morgan fingerprint density at radius 1 is 1.33 bits per heavy atom. The number of carbonyl (C=O) groups excluding carboxylic acids is 1. The molecule has 1 aromatic heterocycles. The molecule has 2 rings (SSSR count). The largest absolute Gasteiger partial charge is 0.420 e. The molecule has 0 saturated carbocycles. The summed E-state index contributed by atoms with van der Waals surface area (Å²) in [7, 11) is 0. The van der Waals surface area contributed by atoms with Crippen molar-refractivity contribution in [3.8, 4) is 5.75 Å². The summed E-state index contributed by atoms with van der Waals surface area (Å²) in [6.45, 7) is 2.47. The lowest BCUT2D eigenvalue weighted by Crippen LogP contribution is -2.08. The summed E-state index contributed by atoms with van der Waals surface area (Å²) in [5, 5.41) is 0.0815. The van der Waals surface area contributed by atoms with E-state index in [0.29, 0.717) is 0 Å². The van der Waals surface area contributed by atoms with Crippen molar-refractivity contribution in [2.75, 3.05) is 0 Å². The van der Waals surface area contributed by atoms with Crippen molar-refractivity contribution in [3.05, 3.63) is 39.8 Å². The van der Waals surface area contributed by atoms with E-state index in [2.05, 4.69) is 4.74 Å². The molecule has 4 nitrogen and oxygen atoms in total. The lowest BCUT2D eigenvalue weighted by Gasteiger charge is -2.06. The van der Waals surface area contributed by atoms with Gasteiger partial charge in [-0.25, -0.2) is 9.18 Å². The first-order valence-electron chi connectivity index (χ1n) is 5.01. The molecule has 0 N–H and O–H groups in total. The Morgan fingerprint density at radius 3 is 2.61 bits per heavy atom. The maximum Gasteiger partial charge on any atom is 0.339 e. The first-order valence-corrected chi connectivity index (χ1v) is 5.01. The van der Waals surface area contributed by atoms with Crippen LogP contribution in [-0.2, 0) is 4.79 Å². The standard InChI is InChI=1S/C12H8F2O4/c1-5-3-7-4-8(13)11(17-6(2)15)9(14)10(7)18-12(5)16/h3-4H,1-2H3. The monoisotopic (exact) mass is 254 g/mol. The van der Waals surface area contributed by atoms with Crippen molar-refractivity contribution in [2.45, 2.75) is 13.8 Å². The Labute approximate surface area is 99.8 Å². The third kappa shape index (κ3) is 1.97. The number of ether oxygens (including phenoxy) is 1. The van der Waals surface area contributed by atoms with E-state index in [0.717, 1.165) is 13.0 Å². The predicted octanol–water partition coefficient (Wildman–Crippen LogP) is 2.30. The van der Waals surface area contributed by atoms with Gasteiger partial charge in [-0.2, -0.15) is 4.39 Å². The van der Waals surface area contributed by atoms with Gasteiger partial charge in [-0.05, 0) is 19.1 Å². The molecule has 0 fully saturated rings. The number of esters is 1. The molecule has 0 spiro atoms. The SMILES string of the molecule is CC(=O)Oc1c(F)cc2cc(C)c(=O)oc2c1F. The maximum atomic E-state index is 13.9. The van der Waals surface area contributed by atoms with Gasteiger partial charge in [0.15, 0.2) is 11.4 Å². The van der Waals surface area contributed by atoms with Crippen LogP contribution in [0.2, 0.25) is 0 Å². The van der Waals surface area contributed by atoms with Gasteiger partial charge in [0.1, 0.15) is 0 Å². The Morgan fingerprint density at radius 2 is 2.00 bits per heavy atom. The van der Waals surface area contributed by atoms with Gasteiger partial charge >= 0.3 is 11.6 Å². The number of hydrogen-bond acceptors (Lipinski definition) is 4. The summed E-state index contributed by atoms with van der Waals surface area (Å²) < 4.78 is 36.5. The third-order valence-corrected chi connectivity index (χ3v) is 2.29. The summed E-state index contributed by atoms with van der Waals surface area (Å²) in [6, 6.07) is 2.23. The number of halogens is 2. The maximum absolute atomic E-state index is 13.9. The predicted molar refractivity (Wildman–Crippen MR) is 58.4 cm³/mol. The molecule has 6 heteroatoms. The quantitative estimate of drug-likeness (QED) is 0.445. The normalized spacial score (nSPS) is 10.7. The van der Waals surface area contributed by atoms with Gasteiger partial charge in [0, 0.05) is 17.9 Å². The van der Waals surface area contributed by atoms with E-state index in [4.69, 9.17) is 4.42 Å². The number of hydrogen-bond donors (Lipinski definition) is 0. The molecule has 0 unspecified atom stereocenters. The molecule has 94 valence electrons. The second-order valence-electron chi connectivity index (χ2n) is 3.73. The second-order valence-corrected chi connectivity index (χ2v) is 3.73. The zero-order chi connectivity index (χ0) is 13.4. The Hall–Kier alpha value is -2.24. The summed E-state index contributed by atoms with van der Waals surface area (Å²) in [5.74, 6) is -4.00. The average molecular weight is 254 g/mol. The van der Waals surface area contributed by atoms with Crippen LogP contribution in [0.5, 0.6) is 5.75 Å². The molecule has 0 aliphatic rings. The first-order chi connectivity index (χ1) is 8.40. The van der Waals surface area contributed by atoms with Crippen LogP contribution >= 0.6 is 0 Å². The van der Waals surface area contributed by atoms with Gasteiger partial charge < -0.3 is 9.15 Å². The van der Waals surface area contributed by atoms with Crippen LogP contribution in [0, 0.1) is 18.6 Å². The minimum Gasteiger partial charge on any atom is -0.420 e. The van der Waals surface area contributed by atoms with Crippen molar-refractivity contribution < 1.29 is 22.7 Å². The van der Waals surface area contributed by atoms with Gasteiger partial charge in [0.25, 0.3) is 0 Å². The Balaban J connectivity index is 2.80. The molecule has 0 bridgehead atoms. The number of carbonyl (C=O) groups is 1. The molecule has 0 atom stereocenters. The molecule has 0 amide bonds. The van der Waals surface area contributed by atoms with Crippen LogP contribution in [-0.4, -0.2) is 5.97 Å². The van der Waals surface area contributed by atoms with E-state index in [1.54, 1.807) is 0 Å². The van der Waals surface area contributed by atoms with Gasteiger partial charge in [0.05, 0.1) is 0 Å². The Bertz CT molecular complexity index is 703. The molecule has 1 aromatic carbocycles. The van der Waals surface area contributed by atoms with Crippen molar-refractivity contribution in [1.29, 1.82) is 0 Å². The van der Waals surface area contributed by atoms with E-state index in [1.807, 2.05) is 0 Å². The summed E-state index contributed by atoms with van der Waals surface area (Å²) in [6.07, 6.45) is 0. The van der Waals surface area contributed by atoms with Gasteiger partial charge in [-0.15, -0.1) is 0 Å². The van der Waals surface area contributed by atoms with Gasteiger partial charge in [0.2, 0.25) is 11.6 Å². The molecule has 2 aromatic rings. The zero-order valence-electron chi connectivity index (χ0n) is 9.54. The number of aryl methyl sites for hydroxylation is 1. The fraction of sp³-hybridized carbons (Fsp3) is 0.167. The van der Waals surface area contributed by atoms with E-state index in [-0.39, 0.29) is 10.9 Å². The molecule has 0 aliphatic carbocycles. The van der Waals surface area contributed by atoms with E-state index in [1.165, 1.54) is 13.0 Å². The zero-order valence-corrected chi connectivity index (χ0v) is 9.54. The van der Waals surface area contributed by atoms with Crippen LogP contribution in [0.25, 0.3) is 11.0 Å². The van der Waals surface area contributed by atoms with Gasteiger partial charge in [-0.1, -0.05) is 0 Å². The Kier molecular flexibility index (Phi) is 2.86. The highest BCUT2D eigenvalue weighted by Gasteiger charge is 2.19. The number of fused-ring (bicyclic) bond motifs is 1. The van der Waals surface area contributed by atoms with Crippen LogP contribution in [0.4, 0.5) is 8.78 Å². The van der Waals surface area contributed by atoms with Gasteiger partial charge in [-0.3, -0.25) is 4.79 Å². The van der Waals surface area contributed by atoms with E-state index >= 15 is 0 Å². The van der Waals surface area contributed by atoms with Crippen molar-refractivity contribution in [2.24, 2.45) is 0 Å². The fourth-order valence-electron chi connectivity index (χ4n) is 1.52. The van der Waals surface area contributed by atoms with Crippen LogP contribution in [0.3, 0.4) is 0 Å². The first kappa shape index (κ1) is 12.2. The van der Waals surface area contributed by atoms with Crippen LogP contribution in [0.1, 0.15) is 12.5 Å². The summed E-state index contributed by atoms with van der Waals surface area (Å²) in [5.41, 5.74) is -0.952. The summed E-state index contributed by atoms with van der Waals surface area (Å²) >= 11 is 0. The third-order valence-electron chi connectivity index (χ3n) is 2.29. The number of rotatable bonds is 1. The smallest absolute Gasteiger partial charge is 0.339 e. The minimum absolute atomic E-state index is 0.0815. The van der Waals surface area contributed by atoms with Crippen LogP contribution < -0.4 is 10.4 Å². The fourth-order valence-corrected chi connectivity index (χ4v) is 1.52. The summed E-state index contributed by atoms with van der Waals surface area (Å²) in [4.78, 5) is 22.0. The van der Waals surface area contributed by atoms with Crippen molar-refractivity contribution in [3.63, 3.8) is 0 Å². The average Bonchev–Trinajstić information content (AvgIpc) is 2.27. The number of benzene rings is 1. The minimum atomic E-state index is -1.21. The second kappa shape index (κ2) is 4.21. The van der Waals surface area contributed by atoms with Crippen molar-refractivity contribution in [1.82, 2.24) is 0 Å². The highest BCUT2D eigenvalue weighted by atomic mass is 19.1. The molecular formula is C12H8F2O4. The van der Waals surface area contributed by atoms with Crippen molar-refractivity contribution >= 4 is 16.9 Å². The molecule has 0 saturated heterocycles. The van der Waals surface area contributed by atoms with Crippen LogP contribution in [0.15, 0.2) is 21.3 Å². The van der Waals surface area contributed by atoms with E-state index in [9.17, 15) is 18.4 Å². The lowest BCUT2D eigenvalue weighted by molar-refractivity contribution is -0.132. The van der Waals surface area contributed by atoms with E-state index < -0.39 is 34.6 Å². The molecule has 0 aliphatic heterocycles. The lowest BCUT2D eigenvalue weighted by atomic mass is 10.2. The highest BCUT2D eigenvalue weighted by Crippen LogP contribution is 2.29. The molecular weight excluding hydrogens is 246 g/mol. The topological polar surface area (TPSA) is 56.5 Å². The molecule has 18 heavy (non-hydrogen) atoms. The molecule has 0 radical (unpaired) electrons. The highest BCUT2D eigenvalue weighted by molar-refractivity contribution is 5.81.